The van der Waals surface area contributed by atoms with Crippen molar-refractivity contribution in [3.63, 3.8) is 0 Å². The molecule has 0 saturated carbocycles. The molecule has 21 heavy (non-hydrogen) atoms. The number of halogens is 2. The summed E-state index contributed by atoms with van der Waals surface area (Å²) in [6.07, 6.45) is 0.641. The molecule has 0 amide bonds. The molecule has 0 aliphatic carbocycles. The fourth-order valence-corrected chi connectivity index (χ4v) is 2.73. The second-order valence-electron chi connectivity index (χ2n) is 6.35. The van der Waals surface area contributed by atoms with Crippen LogP contribution in [-0.2, 0) is 4.74 Å². The third kappa shape index (κ3) is 3.90. The summed E-state index contributed by atoms with van der Waals surface area (Å²) in [6, 6.07) is 4.69. The Morgan fingerprint density at radius 2 is 2.10 bits per heavy atom. The molecule has 1 atom stereocenters. The summed E-state index contributed by atoms with van der Waals surface area (Å²) in [4.78, 5) is 0. The van der Waals surface area contributed by atoms with Gasteiger partial charge in [0.2, 0.25) is 0 Å². The van der Waals surface area contributed by atoms with E-state index in [2.05, 4.69) is 11.8 Å². The Morgan fingerprint density at radius 1 is 1.38 bits per heavy atom. The van der Waals surface area contributed by atoms with Crippen LogP contribution in [0.1, 0.15) is 39.7 Å². The molecule has 1 unspecified atom stereocenters. The Labute approximate surface area is 130 Å². The van der Waals surface area contributed by atoms with Gasteiger partial charge in [0.15, 0.2) is 0 Å². The third-order valence-electron chi connectivity index (χ3n) is 3.50. The van der Waals surface area contributed by atoms with Crippen LogP contribution in [0.25, 0.3) is 0 Å². The van der Waals surface area contributed by atoms with Gasteiger partial charge in [-0.2, -0.15) is 0 Å². The molecule has 1 aliphatic heterocycles. The van der Waals surface area contributed by atoms with Gasteiger partial charge in [0.05, 0.1) is 17.0 Å². The maximum atomic E-state index is 13.9. The van der Waals surface area contributed by atoms with Crippen LogP contribution in [0, 0.1) is 17.7 Å². The highest BCUT2D eigenvalue weighted by Gasteiger charge is 2.47. The van der Waals surface area contributed by atoms with Gasteiger partial charge in [0.1, 0.15) is 23.3 Å². The molecule has 1 fully saturated rings. The van der Waals surface area contributed by atoms with Crippen molar-refractivity contribution in [2.24, 2.45) is 0 Å². The Hall–Kier alpha value is -1.24. The number of hydrogen-bond donors (Lipinski definition) is 0. The van der Waals surface area contributed by atoms with E-state index >= 15 is 0 Å². The first-order chi connectivity index (χ1) is 9.73. The van der Waals surface area contributed by atoms with Crippen molar-refractivity contribution in [3.8, 4) is 17.6 Å². The normalized spacial score (nSPS) is 22.5. The first-order valence-corrected chi connectivity index (χ1v) is 7.48. The Bertz CT molecular complexity index is 584. The number of ether oxygens (including phenoxy) is 2. The van der Waals surface area contributed by atoms with Crippen molar-refractivity contribution in [2.45, 2.75) is 51.4 Å². The summed E-state index contributed by atoms with van der Waals surface area (Å²) >= 11 is 5.47. The number of rotatable bonds is 2. The lowest BCUT2D eigenvalue weighted by Gasteiger charge is -2.27. The zero-order chi connectivity index (χ0) is 15.7. The lowest BCUT2D eigenvalue weighted by atomic mass is 9.97. The minimum absolute atomic E-state index is 0.119. The molecule has 0 N–H and O–H groups in total. The van der Waals surface area contributed by atoms with Gasteiger partial charge in [-0.3, -0.25) is 0 Å². The summed E-state index contributed by atoms with van der Waals surface area (Å²) in [7, 11) is 0. The molecule has 1 aliphatic rings. The minimum Gasteiger partial charge on any atom is -0.487 e. The van der Waals surface area contributed by atoms with E-state index in [4.69, 9.17) is 21.1 Å². The number of alkyl halides is 1. The van der Waals surface area contributed by atoms with Crippen molar-refractivity contribution in [1.82, 2.24) is 0 Å². The summed E-state index contributed by atoms with van der Waals surface area (Å²) in [6.45, 7) is 8.04. The fourth-order valence-electron chi connectivity index (χ4n) is 2.66. The van der Waals surface area contributed by atoms with Crippen molar-refractivity contribution >= 4 is 11.6 Å². The van der Waals surface area contributed by atoms with Crippen LogP contribution in [0.2, 0.25) is 0 Å². The van der Waals surface area contributed by atoms with Gasteiger partial charge in [-0.15, -0.1) is 11.6 Å². The van der Waals surface area contributed by atoms with Crippen molar-refractivity contribution in [1.29, 1.82) is 0 Å². The van der Waals surface area contributed by atoms with Crippen molar-refractivity contribution in [3.05, 3.63) is 29.6 Å². The van der Waals surface area contributed by atoms with Gasteiger partial charge in [0.25, 0.3) is 0 Å². The molecule has 2 rings (SSSR count). The van der Waals surface area contributed by atoms with Gasteiger partial charge in [-0.05, 0) is 39.8 Å². The third-order valence-corrected chi connectivity index (χ3v) is 3.63. The molecular weight excluding hydrogens is 291 g/mol. The van der Waals surface area contributed by atoms with Crippen LogP contribution in [0.3, 0.4) is 0 Å². The number of benzene rings is 1. The zero-order valence-electron chi connectivity index (χ0n) is 12.8. The van der Waals surface area contributed by atoms with E-state index in [1.807, 2.05) is 27.7 Å². The maximum Gasteiger partial charge on any atom is 0.142 e. The van der Waals surface area contributed by atoms with Gasteiger partial charge in [0, 0.05) is 12.5 Å². The predicted molar refractivity (Wildman–Crippen MR) is 82.3 cm³/mol. The van der Waals surface area contributed by atoms with Gasteiger partial charge in [-0.1, -0.05) is 11.8 Å². The lowest BCUT2D eigenvalue weighted by molar-refractivity contribution is -0.0846. The molecule has 0 bridgehead atoms. The van der Waals surface area contributed by atoms with Gasteiger partial charge < -0.3 is 9.47 Å². The van der Waals surface area contributed by atoms with Crippen LogP contribution in [0.5, 0.6) is 5.75 Å². The fraction of sp³-hybridized carbons (Fsp3) is 0.529. The second-order valence-corrected chi connectivity index (χ2v) is 6.62. The molecular formula is C17H20ClFO2. The first kappa shape index (κ1) is 16.1. The van der Waals surface area contributed by atoms with E-state index in [0.29, 0.717) is 11.3 Å². The van der Waals surface area contributed by atoms with E-state index in [0.717, 1.165) is 6.42 Å². The second kappa shape index (κ2) is 5.87. The van der Waals surface area contributed by atoms with Gasteiger partial charge in [-0.25, -0.2) is 4.39 Å². The predicted octanol–water partition coefficient (Wildman–Crippen LogP) is 4.14. The van der Waals surface area contributed by atoms with Crippen LogP contribution < -0.4 is 4.74 Å². The molecule has 2 nitrogen and oxygen atoms in total. The molecule has 1 heterocycles. The average molecular weight is 311 g/mol. The molecule has 1 saturated heterocycles. The molecule has 0 spiro atoms. The van der Waals surface area contributed by atoms with Crippen LogP contribution in [0.15, 0.2) is 18.2 Å². The SMILES string of the molecule is CC1(C)CC(Oc2ccc(C#CCCl)c(F)c2)C(C)(C)O1. The van der Waals surface area contributed by atoms with Gasteiger partial charge >= 0.3 is 0 Å². The summed E-state index contributed by atoms with van der Waals surface area (Å²) in [5, 5.41) is 0. The highest BCUT2D eigenvalue weighted by molar-refractivity contribution is 6.19. The standard InChI is InChI=1S/C17H20ClFO2/c1-16(2)11-15(17(3,4)21-16)20-13-8-7-12(6-5-9-18)14(19)10-13/h7-8,10,15H,9,11H2,1-4H3. The van der Waals surface area contributed by atoms with E-state index in [1.54, 1.807) is 12.1 Å². The Kier molecular flexibility index (Phi) is 4.51. The average Bonchev–Trinajstić information content (AvgIpc) is 2.56. The van der Waals surface area contributed by atoms with E-state index in [1.165, 1.54) is 6.07 Å². The largest absolute Gasteiger partial charge is 0.487 e. The Balaban J connectivity index is 2.16. The summed E-state index contributed by atoms with van der Waals surface area (Å²) < 4.78 is 25.8. The summed E-state index contributed by atoms with van der Waals surface area (Å²) in [5.41, 5.74) is -0.319. The van der Waals surface area contributed by atoms with E-state index in [-0.39, 0.29) is 17.6 Å². The zero-order valence-corrected chi connectivity index (χ0v) is 13.6. The van der Waals surface area contributed by atoms with Crippen molar-refractivity contribution < 1.29 is 13.9 Å². The lowest BCUT2D eigenvalue weighted by Crippen LogP contribution is -2.36. The monoisotopic (exact) mass is 310 g/mol. The first-order valence-electron chi connectivity index (χ1n) is 6.95. The number of hydrogen-bond acceptors (Lipinski definition) is 2. The molecule has 1 aromatic carbocycles. The summed E-state index contributed by atoms with van der Waals surface area (Å²) in [5.74, 6) is 5.58. The molecule has 4 heteroatoms. The molecule has 114 valence electrons. The topological polar surface area (TPSA) is 18.5 Å². The van der Waals surface area contributed by atoms with E-state index in [9.17, 15) is 4.39 Å². The molecule has 0 radical (unpaired) electrons. The van der Waals surface area contributed by atoms with Crippen molar-refractivity contribution in [2.75, 3.05) is 5.88 Å². The van der Waals surface area contributed by atoms with Crippen LogP contribution >= 0.6 is 11.6 Å². The highest BCUT2D eigenvalue weighted by atomic mass is 35.5. The van der Waals surface area contributed by atoms with Crippen LogP contribution in [-0.4, -0.2) is 23.2 Å². The highest BCUT2D eigenvalue weighted by Crippen LogP contribution is 2.39. The molecule has 1 aromatic rings. The maximum absolute atomic E-state index is 13.9. The quantitative estimate of drug-likeness (QED) is 0.604. The van der Waals surface area contributed by atoms with E-state index < -0.39 is 11.4 Å². The minimum atomic E-state index is -0.406. The molecule has 0 aromatic heterocycles. The van der Waals surface area contributed by atoms with Crippen LogP contribution in [0.4, 0.5) is 4.39 Å². The Morgan fingerprint density at radius 3 is 2.62 bits per heavy atom. The smallest absolute Gasteiger partial charge is 0.142 e.